The number of fused-ring (bicyclic) bond motifs is 1. The van der Waals surface area contributed by atoms with Crippen LogP contribution in [0.3, 0.4) is 0 Å². The van der Waals surface area contributed by atoms with E-state index in [1.807, 2.05) is 47.4 Å². The highest BCUT2D eigenvalue weighted by molar-refractivity contribution is 7.89. The van der Waals surface area contributed by atoms with Gasteiger partial charge in [0.05, 0.1) is 12.1 Å². The maximum atomic E-state index is 13.3. The maximum Gasteiger partial charge on any atom is 0.320 e. The number of nitrogens with zero attached hydrogens (tertiary/aromatic N) is 3. The molecular weight excluding hydrogens is 414 g/mol. The zero-order valence-electron chi connectivity index (χ0n) is 17.2. The van der Waals surface area contributed by atoms with Crippen LogP contribution in [0.1, 0.15) is 12.0 Å². The van der Waals surface area contributed by atoms with Gasteiger partial charge >= 0.3 is 5.97 Å². The number of sulfonamides is 1. The fourth-order valence-electron chi connectivity index (χ4n) is 3.74. The Kier molecular flexibility index (Phi) is 6.60. The van der Waals surface area contributed by atoms with Crippen LogP contribution >= 0.6 is 0 Å². The van der Waals surface area contributed by atoms with Crippen LogP contribution in [0.4, 0.5) is 0 Å². The smallest absolute Gasteiger partial charge is 0.320 e. The van der Waals surface area contributed by atoms with Crippen molar-refractivity contribution in [3.63, 3.8) is 0 Å². The highest BCUT2D eigenvalue weighted by Crippen LogP contribution is 2.24. The standard InChI is InChI=1S/C23H25N3O4S/c27-22(30-18-19-7-2-1-3-8-19)17-25-13-6-14-26(16-15-25)31(28,29)21-11-4-9-20-10-5-12-24-23(20)21/h1-5,7-12H,6,13-18H2. The highest BCUT2D eigenvalue weighted by Gasteiger charge is 2.29. The summed E-state index contributed by atoms with van der Waals surface area (Å²) in [7, 11) is -3.68. The molecule has 0 radical (unpaired) electrons. The number of carbonyl (C=O) groups excluding carboxylic acids is 1. The van der Waals surface area contributed by atoms with Crippen molar-refractivity contribution in [3.8, 4) is 0 Å². The summed E-state index contributed by atoms with van der Waals surface area (Å²) >= 11 is 0. The average molecular weight is 440 g/mol. The number of rotatable bonds is 6. The molecule has 1 saturated heterocycles. The number of pyridine rings is 1. The molecule has 1 fully saturated rings. The van der Waals surface area contributed by atoms with Gasteiger partial charge in [0.1, 0.15) is 11.5 Å². The molecule has 0 saturated carbocycles. The lowest BCUT2D eigenvalue weighted by Crippen LogP contribution is -2.37. The summed E-state index contributed by atoms with van der Waals surface area (Å²) in [6, 6.07) is 18.4. The fourth-order valence-corrected chi connectivity index (χ4v) is 5.37. The van der Waals surface area contributed by atoms with Gasteiger partial charge in [-0.05, 0) is 24.1 Å². The Morgan fingerprint density at radius 3 is 2.58 bits per heavy atom. The maximum absolute atomic E-state index is 13.3. The van der Waals surface area contributed by atoms with E-state index >= 15 is 0 Å². The number of para-hydroxylation sites is 1. The number of aromatic nitrogens is 1. The summed E-state index contributed by atoms with van der Waals surface area (Å²) in [6.07, 6.45) is 2.25. The molecular formula is C23H25N3O4S. The lowest BCUT2D eigenvalue weighted by atomic mass is 10.2. The number of hydrogen-bond acceptors (Lipinski definition) is 6. The molecule has 3 aromatic rings. The molecule has 162 valence electrons. The van der Waals surface area contributed by atoms with Crippen LogP contribution in [0, 0.1) is 0 Å². The molecule has 1 aliphatic heterocycles. The van der Waals surface area contributed by atoms with Gasteiger partial charge < -0.3 is 4.74 Å². The Hall–Kier alpha value is -2.81. The Morgan fingerprint density at radius 2 is 1.74 bits per heavy atom. The second-order valence-corrected chi connectivity index (χ2v) is 9.42. The lowest BCUT2D eigenvalue weighted by molar-refractivity contribution is -0.146. The Labute approximate surface area is 182 Å². The molecule has 31 heavy (non-hydrogen) atoms. The van der Waals surface area contributed by atoms with E-state index in [0.29, 0.717) is 38.1 Å². The van der Waals surface area contributed by atoms with E-state index in [9.17, 15) is 13.2 Å². The van der Waals surface area contributed by atoms with E-state index in [4.69, 9.17) is 4.74 Å². The lowest BCUT2D eigenvalue weighted by Gasteiger charge is -2.21. The minimum atomic E-state index is -3.68. The van der Waals surface area contributed by atoms with Gasteiger partial charge in [-0.2, -0.15) is 4.31 Å². The number of carbonyl (C=O) groups is 1. The molecule has 0 bridgehead atoms. The average Bonchev–Trinajstić information content (AvgIpc) is 3.04. The largest absolute Gasteiger partial charge is 0.460 e. The molecule has 0 aliphatic carbocycles. The van der Waals surface area contributed by atoms with Crippen molar-refractivity contribution in [1.82, 2.24) is 14.2 Å². The van der Waals surface area contributed by atoms with E-state index in [-0.39, 0.29) is 24.0 Å². The van der Waals surface area contributed by atoms with Gasteiger partial charge in [0, 0.05) is 37.8 Å². The summed E-state index contributed by atoms with van der Waals surface area (Å²) in [5.41, 5.74) is 1.42. The molecule has 1 aliphatic rings. The SMILES string of the molecule is O=C(CN1CCCN(S(=O)(=O)c2cccc3cccnc23)CC1)OCc1ccccc1. The van der Waals surface area contributed by atoms with Crippen LogP contribution in [-0.2, 0) is 26.2 Å². The van der Waals surface area contributed by atoms with Gasteiger partial charge in [0.2, 0.25) is 10.0 Å². The summed E-state index contributed by atoms with van der Waals surface area (Å²) < 4.78 is 33.5. The van der Waals surface area contributed by atoms with Gasteiger partial charge in [0.15, 0.2) is 0 Å². The minimum Gasteiger partial charge on any atom is -0.460 e. The first kappa shape index (κ1) is 21.4. The second kappa shape index (κ2) is 9.55. The fraction of sp³-hybridized carbons (Fsp3) is 0.304. The van der Waals surface area contributed by atoms with Crippen molar-refractivity contribution in [2.75, 3.05) is 32.7 Å². The van der Waals surface area contributed by atoms with Gasteiger partial charge in [-0.1, -0.05) is 48.5 Å². The third kappa shape index (κ3) is 5.10. The van der Waals surface area contributed by atoms with Gasteiger partial charge in [-0.3, -0.25) is 14.7 Å². The van der Waals surface area contributed by atoms with Crippen molar-refractivity contribution in [3.05, 3.63) is 72.4 Å². The number of hydrogen-bond donors (Lipinski definition) is 0. The highest BCUT2D eigenvalue weighted by atomic mass is 32.2. The normalized spacial score (nSPS) is 16.1. The third-order valence-corrected chi connectivity index (χ3v) is 7.29. The van der Waals surface area contributed by atoms with Gasteiger partial charge in [0.25, 0.3) is 0 Å². The van der Waals surface area contributed by atoms with Gasteiger partial charge in [-0.25, -0.2) is 8.42 Å². The van der Waals surface area contributed by atoms with E-state index in [0.717, 1.165) is 10.9 Å². The summed E-state index contributed by atoms with van der Waals surface area (Å²) in [4.78, 5) is 18.7. The predicted octanol–water partition coefficient (Wildman–Crippen LogP) is 2.67. The predicted molar refractivity (Wildman–Crippen MR) is 118 cm³/mol. The number of benzene rings is 2. The van der Waals surface area contributed by atoms with Crippen LogP contribution in [0.2, 0.25) is 0 Å². The van der Waals surface area contributed by atoms with Crippen molar-refractivity contribution in [2.24, 2.45) is 0 Å². The quantitative estimate of drug-likeness (QED) is 0.550. The zero-order chi connectivity index (χ0) is 21.7. The molecule has 2 heterocycles. The molecule has 2 aromatic carbocycles. The molecule has 8 heteroatoms. The molecule has 0 atom stereocenters. The van der Waals surface area contributed by atoms with Crippen LogP contribution < -0.4 is 0 Å². The van der Waals surface area contributed by atoms with Gasteiger partial charge in [-0.15, -0.1) is 0 Å². The zero-order valence-corrected chi connectivity index (χ0v) is 18.0. The topological polar surface area (TPSA) is 79.8 Å². The summed E-state index contributed by atoms with van der Waals surface area (Å²) in [6.45, 7) is 2.22. The number of ether oxygens (including phenoxy) is 1. The first-order valence-corrected chi connectivity index (χ1v) is 11.7. The Bertz CT molecular complexity index is 1150. The molecule has 0 N–H and O–H groups in total. The molecule has 0 spiro atoms. The van der Waals surface area contributed by atoms with Crippen LogP contribution in [0.15, 0.2) is 71.8 Å². The van der Waals surface area contributed by atoms with Crippen molar-refractivity contribution < 1.29 is 17.9 Å². The van der Waals surface area contributed by atoms with Crippen LogP contribution in [0.25, 0.3) is 10.9 Å². The van der Waals surface area contributed by atoms with E-state index in [1.165, 1.54) is 4.31 Å². The van der Waals surface area contributed by atoms with E-state index in [2.05, 4.69) is 4.98 Å². The molecule has 1 aromatic heterocycles. The molecule has 0 unspecified atom stereocenters. The first-order chi connectivity index (χ1) is 15.0. The summed E-state index contributed by atoms with van der Waals surface area (Å²) in [5.74, 6) is -0.307. The first-order valence-electron chi connectivity index (χ1n) is 10.3. The Morgan fingerprint density at radius 1 is 0.935 bits per heavy atom. The summed E-state index contributed by atoms with van der Waals surface area (Å²) in [5, 5.41) is 0.793. The minimum absolute atomic E-state index is 0.149. The van der Waals surface area contributed by atoms with E-state index in [1.54, 1.807) is 24.4 Å². The van der Waals surface area contributed by atoms with Crippen molar-refractivity contribution >= 4 is 26.9 Å². The second-order valence-electron chi connectivity index (χ2n) is 7.51. The molecule has 7 nitrogen and oxygen atoms in total. The Balaban J connectivity index is 1.38. The van der Waals surface area contributed by atoms with Crippen LogP contribution in [0.5, 0.6) is 0 Å². The number of esters is 1. The van der Waals surface area contributed by atoms with Crippen molar-refractivity contribution in [1.29, 1.82) is 0 Å². The monoisotopic (exact) mass is 439 g/mol. The van der Waals surface area contributed by atoms with Crippen LogP contribution in [-0.4, -0.2) is 61.3 Å². The van der Waals surface area contributed by atoms with E-state index < -0.39 is 10.0 Å². The molecule has 4 rings (SSSR count). The third-order valence-electron chi connectivity index (χ3n) is 5.36. The molecule has 0 amide bonds. The van der Waals surface area contributed by atoms with Crippen molar-refractivity contribution in [2.45, 2.75) is 17.9 Å².